The van der Waals surface area contributed by atoms with E-state index in [1.807, 2.05) is 6.92 Å². The molecule has 0 saturated carbocycles. The van der Waals surface area contributed by atoms with Gasteiger partial charge in [0.2, 0.25) is 0 Å². The van der Waals surface area contributed by atoms with Gasteiger partial charge >= 0.3 is 0 Å². The summed E-state index contributed by atoms with van der Waals surface area (Å²) in [6.45, 7) is 3.40. The molecule has 0 radical (unpaired) electrons. The highest BCUT2D eigenvalue weighted by atomic mass is 19.1. The molecule has 2 rings (SSSR count). The van der Waals surface area contributed by atoms with Crippen LogP contribution in [0.1, 0.15) is 18.9 Å². The molecule has 1 aliphatic heterocycles. The Bertz CT molecular complexity index is 355. The fourth-order valence-corrected chi connectivity index (χ4v) is 2.23. The third-order valence-corrected chi connectivity index (χ3v) is 3.29. The standard InChI is InChI=1S/C12H16FNO/c1-9-8-14-7-6-12(9,15)10-4-2-3-5-11(10)13/h2-5,9,14-15H,6-8H2,1H3. The van der Waals surface area contributed by atoms with Gasteiger partial charge in [-0.1, -0.05) is 25.1 Å². The number of hydrogen-bond donors (Lipinski definition) is 2. The average Bonchev–Trinajstić information content (AvgIpc) is 2.23. The molecule has 0 aliphatic carbocycles. The van der Waals surface area contributed by atoms with Crippen molar-refractivity contribution in [2.45, 2.75) is 18.9 Å². The molecule has 2 N–H and O–H groups in total. The minimum atomic E-state index is -1.02. The molecule has 0 aromatic heterocycles. The first kappa shape index (κ1) is 10.6. The summed E-state index contributed by atoms with van der Waals surface area (Å²) in [6, 6.07) is 6.50. The van der Waals surface area contributed by atoms with Gasteiger partial charge in [-0.2, -0.15) is 0 Å². The molecular weight excluding hydrogens is 193 g/mol. The second-order valence-corrected chi connectivity index (χ2v) is 4.26. The molecule has 2 nitrogen and oxygen atoms in total. The summed E-state index contributed by atoms with van der Waals surface area (Å²) in [4.78, 5) is 0. The molecule has 1 heterocycles. The van der Waals surface area contributed by atoms with Crippen LogP contribution in [0.5, 0.6) is 0 Å². The summed E-state index contributed by atoms with van der Waals surface area (Å²) in [7, 11) is 0. The van der Waals surface area contributed by atoms with E-state index in [0.29, 0.717) is 12.0 Å². The first-order chi connectivity index (χ1) is 7.14. The van der Waals surface area contributed by atoms with Gasteiger partial charge in [0.1, 0.15) is 5.82 Å². The van der Waals surface area contributed by atoms with Gasteiger partial charge in [-0.15, -0.1) is 0 Å². The van der Waals surface area contributed by atoms with Crippen molar-refractivity contribution in [2.75, 3.05) is 13.1 Å². The summed E-state index contributed by atoms with van der Waals surface area (Å²) in [5.74, 6) is -0.281. The van der Waals surface area contributed by atoms with Crippen LogP contribution in [-0.4, -0.2) is 18.2 Å². The molecule has 15 heavy (non-hydrogen) atoms. The highest BCUT2D eigenvalue weighted by molar-refractivity contribution is 5.25. The smallest absolute Gasteiger partial charge is 0.129 e. The van der Waals surface area contributed by atoms with Gasteiger partial charge in [0.25, 0.3) is 0 Å². The fraction of sp³-hybridized carbons (Fsp3) is 0.500. The monoisotopic (exact) mass is 209 g/mol. The van der Waals surface area contributed by atoms with E-state index in [9.17, 15) is 9.50 Å². The fourth-order valence-electron chi connectivity index (χ4n) is 2.23. The van der Waals surface area contributed by atoms with Gasteiger partial charge in [0, 0.05) is 18.0 Å². The van der Waals surface area contributed by atoms with E-state index in [4.69, 9.17) is 0 Å². The van der Waals surface area contributed by atoms with Crippen LogP contribution >= 0.6 is 0 Å². The van der Waals surface area contributed by atoms with Crippen LogP contribution < -0.4 is 5.32 Å². The first-order valence-corrected chi connectivity index (χ1v) is 5.32. The van der Waals surface area contributed by atoms with Crippen LogP contribution in [0.2, 0.25) is 0 Å². The van der Waals surface area contributed by atoms with Crippen molar-refractivity contribution < 1.29 is 9.50 Å². The molecule has 1 saturated heterocycles. The molecule has 2 unspecified atom stereocenters. The summed E-state index contributed by atoms with van der Waals surface area (Å²) >= 11 is 0. The zero-order chi connectivity index (χ0) is 10.9. The predicted octanol–water partition coefficient (Wildman–Crippen LogP) is 1.64. The van der Waals surface area contributed by atoms with E-state index < -0.39 is 5.60 Å². The number of aliphatic hydroxyl groups is 1. The SMILES string of the molecule is CC1CNCCC1(O)c1ccccc1F. The van der Waals surface area contributed by atoms with Gasteiger partial charge in [-0.25, -0.2) is 4.39 Å². The minimum absolute atomic E-state index is 0.0307. The number of piperidine rings is 1. The van der Waals surface area contributed by atoms with Crippen molar-refractivity contribution >= 4 is 0 Å². The van der Waals surface area contributed by atoms with E-state index in [1.54, 1.807) is 18.2 Å². The molecule has 1 fully saturated rings. The lowest BCUT2D eigenvalue weighted by Crippen LogP contribution is -2.47. The van der Waals surface area contributed by atoms with Crippen molar-refractivity contribution in [3.05, 3.63) is 35.6 Å². The molecular formula is C12H16FNO. The third-order valence-electron chi connectivity index (χ3n) is 3.29. The van der Waals surface area contributed by atoms with E-state index in [-0.39, 0.29) is 11.7 Å². The molecule has 2 atom stereocenters. The molecule has 1 aromatic carbocycles. The van der Waals surface area contributed by atoms with Crippen LogP contribution in [0.3, 0.4) is 0 Å². The van der Waals surface area contributed by atoms with E-state index in [1.165, 1.54) is 6.07 Å². The maximum atomic E-state index is 13.6. The van der Waals surface area contributed by atoms with Crippen molar-refractivity contribution in [2.24, 2.45) is 5.92 Å². The summed E-state index contributed by atoms with van der Waals surface area (Å²) in [5, 5.41) is 13.7. The van der Waals surface area contributed by atoms with Crippen LogP contribution in [0.15, 0.2) is 24.3 Å². The van der Waals surface area contributed by atoms with Crippen molar-refractivity contribution in [3.63, 3.8) is 0 Å². The van der Waals surface area contributed by atoms with Crippen molar-refractivity contribution in [1.29, 1.82) is 0 Å². The topological polar surface area (TPSA) is 32.3 Å². The molecule has 1 aliphatic rings. The lowest BCUT2D eigenvalue weighted by atomic mass is 9.77. The maximum Gasteiger partial charge on any atom is 0.129 e. The number of halogens is 1. The summed E-state index contributed by atoms with van der Waals surface area (Å²) in [5.41, 5.74) is -0.588. The Kier molecular flexibility index (Phi) is 2.76. The normalized spacial score (nSPS) is 31.5. The van der Waals surface area contributed by atoms with E-state index in [0.717, 1.165) is 13.1 Å². The lowest BCUT2D eigenvalue weighted by molar-refractivity contribution is -0.0419. The first-order valence-electron chi connectivity index (χ1n) is 5.32. The van der Waals surface area contributed by atoms with Crippen LogP contribution in [0, 0.1) is 11.7 Å². The maximum absolute atomic E-state index is 13.6. The van der Waals surface area contributed by atoms with E-state index in [2.05, 4.69) is 5.32 Å². The van der Waals surface area contributed by atoms with E-state index >= 15 is 0 Å². The van der Waals surface area contributed by atoms with Gasteiger partial charge in [0.15, 0.2) is 0 Å². The minimum Gasteiger partial charge on any atom is -0.385 e. The van der Waals surface area contributed by atoms with Crippen LogP contribution in [0.4, 0.5) is 4.39 Å². The predicted molar refractivity (Wildman–Crippen MR) is 56.9 cm³/mol. The molecule has 0 bridgehead atoms. The second-order valence-electron chi connectivity index (χ2n) is 4.26. The highest BCUT2D eigenvalue weighted by Crippen LogP contribution is 2.35. The molecule has 82 valence electrons. The Morgan fingerprint density at radius 2 is 2.20 bits per heavy atom. The Balaban J connectivity index is 2.39. The number of rotatable bonds is 1. The second kappa shape index (κ2) is 3.91. The molecule has 3 heteroatoms. The Labute approximate surface area is 89.1 Å². The van der Waals surface area contributed by atoms with Gasteiger partial charge in [-0.3, -0.25) is 0 Å². The summed E-state index contributed by atoms with van der Waals surface area (Å²) < 4.78 is 13.6. The average molecular weight is 209 g/mol. The van der Waals surface area contributed by atoms with Crippen LogP contribution in [-0.2, 0) is 5.60 Å². The van der Waals surface area contributed by atoms with Gasteiger partial charge in [-0.05, 0) is 19.0 Å². The Morgan fingerprint density at radius 3 is 2.87 bits per heavy atom. The Hall–Kier alpha value is -0.930. The highest BCUT2D eigenvalue weighted by Gasteiger charge is 2.39. The number of benzene rings is 1. The van der Waals surface area contributed by atoms with Crippen molar-refractivity contribution in [1.82, 2.24) is 5.32 Å². The molecule has 0 amide bonds. The lowest BCUT2D eigenvalue weighted by Gasteiger charge is -2.39. The number of nitrogens with one attached hydrogen (secondary N) is 1. The molecule has 1 aromatic rings. The Morgan fingerprint density at radius 1 is 1.47 bits per heavy atom. The molecule has 0 spiro atoms. The third kappa shape index (κ3) is 1.77. The summed E-state index contributed by atoms with van der Waals surface area (Å²) in [6.07, 6.45) is 0.565. The van der Waals surface area contributed by atoms with Gasteiger partial charge < -0.3 is 10.4 Å². The van der Waals surface area contributed by atoms with Crippen molar-refractivity contribution in [3.8, 4) is 0 Å². The quantitative estimate of drug-likeness (QED) is 0.737. The number of hydrogen-bond acceptors (Lipinski definition) is 2. The zero-order valence-corrected chi connectivity index (χ0v) is 8.83. The van der Waals surface area contributed by atoms with Gasteiger partial charge in [0.05, 0.1) is 5.60 Å². The largest absolute Gasteiger partial charge is 0.385 e. The zero-order valence-electron chi connectivity index (χ0n) is 8.83. The van der Waals surface area contributed by atoms with Crippen LogP contribution in [0.25, 0.3) is 0 Å².